The molecule has 0 bridgehead atoms. The predicted octanol–water partition coefficient (Wildman–Crippen LogP) is 3.52. The molecule has 0 unspecified atom stereocenters. The Hall–Kier alpha value is -2.45. The first-order valence-corrected chi connectivity index (χ1v) is 10.5. The normalized spacial score (nSPS) is 13.3. The number of amides is 1. The standard InChI is InChI=1S/C19H18N4O2S2/c1-3-23-18(16-5-4-8-26-16)20-21-19(23)27-11-15(24)12-6-7-14-13(9-12)10-17(25)22(14)2/h4-9H,3,10-11H2,1-2H3. The molecule has 1 aliphatic rings. The number of likely N-dealkylation sites (N-methyl/N-ethyl adjacent to an activating group) is 1. The number of aromatic nitrogens is 3. The van der Waals surface area contributed by atoms with Gasteiger partial charge in [-0.2, -0.15) is 0 Å². The van der Waals surface area contributed by atoms with E-state index < -0.39 is 0 Å². The third kappa shape index (κ3) is 3.30. The minimum Gasteiger partial charge on any atom is -0.315 e. The van der Waals surface area contributed by atoms with Crippen LogP contribution in [0.25, 0.3) is 10.7 Å². The van der Waals surface area contributed by atoms with Crippen molar-refractivity contribution in [1.82, 2.24) is 14.8 Å². The molecule has 3 heterocycles. The van der Waals surface area contributed by atoms with Gasteiger partial charge in [0.15, 0.2) is 16.8 Å². The predicted molar refractivity (Wildman–Crippen MR) is 108 cm³/mol. The number of fused-ring (bicyclic) bond motifs is 1. The maximum atomic E-state index is 12.6. The number of benzene rings is 1. The summed E-state index contributed by atoms with van der Waals surface area (Å²) < 4.78 is 2.03. The highest BCUT2D eigenvalue weighted by molar-refractivity contribution is 7.99. The van der Waals surface area contributed by atoms with Gasteiger partial charge in [0.05, 0.1) is 17.1 Å². The molecule has 138 valence electrons. The van der Waals surface area contributed by atoms with Crippen molar-refractivity contribution in [3.8, 4) is 10.7 Å². The molecule has 6 nitrogen and oxygen atoms in total. The Bertz CT molecular complexity index is 1010. The van der Waals surface area contributed by atoms with E-state index >= 15 is 0 Å². The zero-order valence-corrected chi connectivity index (χ0v) is 16.6. The zero-order valence-electron chi connectivity index (χ0n) is 15.0. The summed E-state index contributed by atoms with van der Waals surface area (Å²) in [5.74, 6) is 1.20. The Morgan fingerprint density at radius 3 is 2.89 bits per heavy atom. The van der Waals surface area contributed by atoms with Crippen LogP contribution in [0.2, 0.25) is 0 Å². The van der Waals surface area contributed by atoms with Crippen LogP contribution >= 0.6 is 23.1 Å². The molecule has 1 amide bonds. The Balaban J connectivity index is 1.49. The maximum Gasteiger partial charge on any atom is 0.231 e. The molecule has 1 aliphatic heterocycles. The first kappa shape index (κ1) is 17.9. The monoisotopic (exact) mass is 398 g/mol. The van der Waals surface area contributed by atoms with Crippen LogP contribution in [-0.4, -0.2) is 39.3 Å². The third-order valence-electron chi connectivity index (χ3n) is 4.59. The minimum atomic E-state index is 0.0214. The van der Waals surface area contributed by atoms with E-state index in [1.54, 1.807) is 29.4 Å². The van der Waals surface area contributed by atoms with Gasteiger partial charge in [0.1, 0.15) is 0 Å². The van der Waals surface area contributed by atoms with Crippen molar-refractivity contribution in [2.45, 2.75) is 25.0 Å². The molecule has 0 aliphatic carbocycles. The number of carbonyl (C=O) groups excluding carboxylic acids is 2. The van der Waals surface area contributed by atoms with Gasteiger partial charge in [0.2, 0.25) is 5.91 Å². The highest BCUT2D eigenvalue weighted by Crippen LogP contribution is 2.30. The molecule has 2 aromatic heterocycles. The summed E-state index contributed by atoms with van der Waals surface area (Å²) in [7, 11) is 1.76. The van der Waals surface area contributed by atoms with Gasteiger partial charge in [0.25, 0.3) is 0 Å². The molecule has 0 radical (unpaired) electrons. The molecule has 27 heavy (non-hydrogen) atoms. The number of hydrogen-bond acceptors (Lipinski definition) is 6. The summed E-state index contributed by atoms with van der Waals surface area (Å²) in [5, 5.41) is 11.3. The molecule has 8 heteroatoms. The largest absolute Gasteiger partial charge is 0.315 e. The fourth-order valence-electron chi connectivity index (χ4n) is 3.13. The van der Waals surface area contributed by atoms with Crippen LogP contribution in [0.15, 0.2) is 40.9 Å². The summed E-state index contributed by atoms with van der Waals surface area (Å²) in [5.41, 5.74) is 2.43. The van der Waals surface area contributed by atoms with Crippen molar-refractivity contribution < 1.29 is 9.59 Å². The topological polar surface area (TPSA) is 68.1 Å². The number of thiophene rings is 1. The Kier molecular flexibility index (Phi) is 4.84. The van der Waals surface area contributed by atoms with Crippen LogP contribution in [-0.2, 0) is 17.8 Å². The van der Waals surface area contributed by atoms with Gasteiger partial charge in [-0.25, -0.2) is 0 Å². The second kappa shape index (κ2) is 7.28. The number of ketones is 1. The van der Waals surface area contributed by atoms with Gasteiger partial charge in [-0.3, -0.25) is 9.59 Å². The highest BCUT2D eigenvalue weighted by atomic mass is 32.2. The lowest BCUT2D eigenvalue weighted by Crippen LogP contribution is -2.20. The fraction of sp³-hybridized carbons (Fsp3) is 0.263. The average molecular weight is 399 g/mol. The second-order valence-corrected chi connectivity index (χ2v) is 8.10. The van der Waals surface area contributed by atoms with Gasteiger partial charge in [-0.15, -0.1) is 21.5 Å². The number of nitrogens with zero attached hydrogens (tertiary/aromatic N) is 4. The number of Topliss-reactive ketones (excluding diaryl/α,β-unsaturated/α-hetero) is 1. The van der Waals surface area contributed by atoms with Crippen molar-refractivity contribution in [2.24, 2.45) is 0 Å². The first-order valence-electron chi connectivity index (χ1n) is 8.61. The molecule has 0 atom stereocenters. The van der Waals surface area contributed by atoms with Crippen LogP contribution in [0, 0.1) is 0 Å². The summed E-state index contributed by atoms with van der Waals surface area (Å²) in [6.45, 7) is 2.78. The van der Waals surface area contributed by atoms with Crippen molar-refractivity contribution in [2.75, 3.05) is 17.7 Å². The van der Waals surface area contributed by atoms with Crippen molar-refractivity contribution in [3.63, 3.8) is 0 Å². The molecule has 0 saturated carbocycles. The number of thioether (sulfide) groups is 1. The quantitative estimate of drug-likeness (QED) is 0.469. The van der Waals surface area contributed by atoms with Crippen LogP contribution < -0.4 is 4.90 Å². The summed E-state index contributed by atoms with van der Waals surface area (Å²) in [4.78, 5) is 27.2. The van der Waals surface area contributed by atoms with Gasteiger partial charge in [0, 0.05) is 24.8 Å². The van der Waals surface area contributed by atoms with E-state index in [1.165, 1.54) is 11.8 Å². The summed E-state index contributed by atoms with van der Waals surface area (Å²) >= 11 is 3.01. The number of rotatable bonds is 6. The van der Waals surface area contributed by atoms with E-state index in [0.717, 1.165) is 33.7 Å². The number of hydrogen-bond donors (Lipinski definition) is 0. The summed E-state index contributed by atoms with van der Waals surface area (Å²) in [6.07, 6.45) is 0.356. The lowest BCUT2D eigenvalue weighted by Gasteiger charge is -2.10. The SMILES string of the molecule is CCn1c(SCC(=O)c2ccc3c(c2)CC(=O)N3C)nnc1-c1cccs1. The molecule has 0 saturated heterocycles. The highest BCUT2D eigenvalue weighted by Gasteiger charge is 2.25. The molecule has 3 aromatic rings. The van der Waals surface area contributed by atoms with Crippen molar-refractivity contribution in [1.29, 1.82) is 0 Å². The maximum absolute atomic E-state index is 12.6. The smallest absolute Gasteiger partial charge is 0.231 e. The van der Waals surface area contributed by atoms with E-state index in [1.807, 2.05) is 41.1 Å². The molecular weight excluding hydrogens is 380 g/mol. The third-order valence-corrected chi connectivity index (χ3v) is 6.42. The van der Waals surface area contributed by atoms with E-state index in [-0.39, 0.29) is 17.4 Å². The van der Waals surface area contributed by atoms with E-state index in [2.05, 4.69) is 10.2 Å². The number of anilines is 1. The Morgan fingerprint density at radius 1 is 1.30 bits per heavy atom. The zero-order chi connectivity index (χ0) is 19.0. The van der Waals surface area contributed by atoms with Crippen molar-refractivity contribution in [3.05, 3.63) is 46.8 Å². The minimum absolute atomic E-state index is 0.0214. The van der Waals surface area contributed by atoms with Gasteiger partial charge < -0.3 is 9.47 Å². The number of carbonyl (C=O) groups is 2. The van der Waals surface area contributed by atoms with Crippen LogP contribution in [0.3, 0.4) is 0 Å². The Morgan fingerprint density at radius 2 is 2.15 bits per heavy atom. The molecular formula is C19H18N4O2S2. The Labute approximate surface area is 165 Å². The summed E-state index contributed by atoms with van der Waals surface area (Å²) in [6, 6.07) is 9.48. The molecule has 0 spiro atoms. The van der Waals surface area contributed by atoms with Crippen LogP contribution in [0.4, 0.5) is 5.69 Å². The second-order valence-electron chi connectivity index (χ2n) is 6.21. The first-order chi connectivity index (χ1) is 13.1. The van der Waals surface area contributed by atoms with E-state index in [4.69, 9.17) is 0 Å². The van der Waals surface area contributed by atoms with E-state index in [0.29, 0.717) is 12.0 Å². The molecule has 1 aromatic carbocycles. The van der Waals surface area contributed by atoms with Gasteiger partial charge >= 0.3 is 0 Å². The van der Waals surface area contributed by atoms with Gasteiger partial charge in [-0.1, -0.05) is 17.8 Å². The van der Waals surface area contributed by atoms with Crippen molar-refractivity contribution >= 4 is 40.5 Å². The lowest BCUT2D eigenvalue weighted by atomic mass is 10.1. The lowest BCUT2D eigenvalue weighted by molar-refractivity contribution is -0.117. The molecule has 4 rings (SSSR count). The van der Waals surface area contributed by atoms with E-state index in [9.17, 15) is 9.59 Å². The molecule has 0 fully saturated rings. The van der Waals surface area contributed by atoms with Gasteiger partial charge in [-0.05, 0) is 42.1 Å². The average Bonchev–Trinajstić information content (AvgIpc) is 3.39. The fourth-order valence-corrected chi connectivity index (χ4v) is 4.74. The van der Waals surface area contributed by atoms with Crippen LogP contribution in [0.5, 0.6) is 0 Å². The molecule has 0 N–H and O–H groups in total. The van der Waals surface area contributed by atoms with Crippen LogP contribution in [0.1, 0.15) is 22.8 Å².